The van der Waals surface area contributed by atoms with Gasteiger partial charge in [0.15, 0.2) is 17.5 Å². The molecule has 0 spiro atoms. The van der Waals surface area contributed by atoms with Gasteiger partial charge in [-0.05, 0) is 41.5 Å². The summed E-state index contributed by atoms with van der Waals surface area (Å²) in [5.74, 6) is -4.14. The molecule has 2 N–H and O–H groups in total. The highest BCUT2D eigenvalue weighted by molar-refractivity contribution is 6.33. The first kappa shape index (κ1) is 14.2. The van der Waals surface area contributed by atoms with Crippen LogP contribution in [0.25, 0.3) is 0 Å². The van der Waals surface area contributed by atoms with Crippen LogP contribution in [0.2, 0.25) is 10.0 Å². The lowest BCUT2D eigenvalue weighted by atomic mass is 9.99. The van der Waals surface area contributed by atoms with Crippen LogP contribution < -0.4 is 5.73 Å². The third-order valence-electron chi connectivity index (χ3n) is 2.66. The second kappa shape index (κ2) is 5.41. The predicted octanol–water partition coefficient (Wildman–Crippen LogP) is 4.46. The fourth-order valence-corrected chi connectivity index (χ4v) is 2.10. The van der Waals surface area contributed by atoms with Crippen molar-refractivity contribution in [1.29, 1.82) is 0 Å². The molecule has 0 bridgehead atoms. The maximum atomic E-state index is 13.2. The molecule has 0 aromatic heterocycles. The van der Waals surface area contributed by atoms with Gasteiger partial charge in [-0.3, -0.25) is 0 Å². The van der Waals surface area contributed by atoms with Crippen molar-refractivity contribution in [3.63, 3.8) is 0 Å². The molecule has 0 amide bonds. The molecule has 2 aromatic rings. The molecule has 2 aromatic carbocycles. The molecule has 0 heterocycles. The largest absolute Gasteiger partial charge is 0.320 e. The molecule has 19 heavy (non-hydrogen) atoms. The molecule has 0 aliphatic carbocycles. The Morgan fingerprint density at radius 2 is 1.53 bits per heavy atom. The lowest BCUT2D eigenvalue weighted by molar-refractivity contribution is 0.444. The van der Waals surface area contributed by atoms with Gasteiger partial charge in [0.25, 0.3) is 0 Å². The van der Waals surface area contributed by atoms with Crippen molar-refractivity contribution >= 4 is 23.2 Å². The Morgan fingerprint density at radius 1 is 0.947 bits per heavy atom. The summed E-state index contributed by atoms with van der Waals surface area (Å²) in [4.78, 5) is 0. The fourth-order valence-electron chi connectivity index (χ4n) is 1.69. The minimum absolute atomic E-state index is 0.0700. The highest BCUT2D eigenvalue weighted by Gasteiger charge is 2.18. The maximum Gasteiger partial charge on any atom is 0.194 e. The number of hydrogen-bond acceptors (Lipinski definition) is 1. The topological polar surface area (TPSA) is 26.0 Å². The molecule has 0 aliphatic heterocycles. The van der Waals surface area contributed by atoms with E-state index in [0.717, 1.165) is 12.1 Å². The summed E-state index contributed by atoms with van der Waals surface area (Å²) in [7, 11) is 0. The van der Waals surface area contributed by atoms with Crippen LogP contribution in [0.15, 0.2) is 30.3 Å². The van der Waals surface area contributed by atoms with Crippen LogP contribution >= 0.6 is 23.2 Å². The molecule has 0 radical (unpaired) electrons. The second-order valence-electron chi connectivity index (χ2n) is 3.94. The molecule has 2 rings (SSSR count). The third-order valence-corrected chi connectivity index (χ3v) is 3.24. The Kier molecular flexibility index (Phi) is 4.04. The molecular weight excluding hydrogens is 298 g/mol. The Morgan fingerprint density at radius 3 is 2.11 bits per heavy atom. The van der Waals surface area contributed by atoms with Crippen molar-refractivity contribution in [3.05, 3.63) is 69.0 Å². The van der Waals surface area contributed by atoms with Crippen LogP contribution in [0.4, 0.5) is 13.2 Å². The minimum atomic E-state index is -1.53. The zero-order valence-corrected chi connectivity index (χ0v) is 10.9. The van der Waals surface area contributed by atoms with Gasteiger partial charge < -0.3 is 5.73 Å². The molecule has 1 unspecified atom stereocenters. The summed E-state index contributed by atoms with van der Waals surface area (Å²) in [6, 6.07) is 5.34. The first-order chi connectivity index (χ1) is 8.90. The number of rotatable bonds is 2. The molecule has 1 nitrogen and oxygen atoms in total. The first-order valence-electron chi connectivity index (χ1n) is 5.25. The quantitative estimate of drug-likeness (QED) is 0.815. The van der Waals surface area contributed by atoms with Crippen molar-refractivity contribution in [2.75, 3.05) is 0 Å². The van der Waals surface area contributed by atoms with Gasteiger partial charge in [-0.25, -0.2) is 13.2 Å². The molecule has 0 saturated carbocycles. The highest BCUT2D eigenvalue weighted by atomic mass is 35.5. The van der Waals surface area contributed by atoms with Gasteiger partial charge in [-0.15, -0.1) is 0 Å². The Bertz CT molecular complexity index is 608. The van der Waals surface area contributed by atoms with E-state index in [4.69, 9.17) is 28.9 Å². The van der Waals surface area contributed by atoms with E-state index < -0.39 is 23.5 Å². The number of benzene rings is 2. The van der Waals surface area contributed by atoms with Gasteiger partial charge in [-0.1, -0.05) is 23.2 Å². The van der Waals surface area contributed by atoms with Crippen LogP contribution in [0, 0.1) is 17.5 Å². The lowest BCUT2D eigenvalue weighted by Gasteiger charge is -2.15. The Hall–Kier alpha value is -1.23. The van der Waals surface area contributed by atoms with Gasteiger partial charge in [0, 0.05) is 10.0 Å². The number of nitrogens with two attached hydrogens (primary N) is 1. The zero-order valence-electron chi connectivity index (χ0n) is 9.43. The zero-order chi connectivity index (χ0) is 14.2. The molecule has 0 saturated heterocycles. The van der Waals surface area contributed by atoms with E-state index in [-0.39, 0.29) is 5.56 Å². The summed E-state index contributed by atoms with van der Waals surface area (Å²) in [5.41, 5.74) is 6.35. The van der Waals surface area contributed by atoms with E-state index in [1.165, 1.54) is 12.1 Å². The predicted molar refractivity (Wildman–Crippen MR) is 68.8 cm³/mol. The number of hydrogen-bond donors (Lipinski definition) is 1. The molecule has 0 fully saturated rings. The van der Waals surface area contributed by atoms with E-state index in [1.54, 1.807) is 6.07 Å². The van der Waals surface area contributed by atoms with Crippen molar-refractivity contribution in [2.45, 2.75) is 6.04 Å². The van der Waals surface area contributed by atoms with Gasteiger partial charge in [-0.2, -0.15) is 0 Å². The normalized spacial score (nSPS) is 12.5. The van der Waals surface area contributed by atoms with E-state index >= 15 is 0 Å². The van der Waals surface area contributed by atoms with Gasteiger partial charge >= 0.3 is 0 Å². The summed E-state index contributed by atoms with van der Waals surface area (Å²) in [6.07, 6.45) is 0. The highest BCUT2D eigenvalue weighted by Crippen LogP contribution is 2.30. The summed E-state index contributed by atoms with van der Waals surface area (Å²) < 4.78 is 39.2. The summed E-state index contributed by atoms with van der Waals surface area (Å²) in [5, 5.41) is 0.694. The van der Waals surface area contributed by atoms with Crippen molar-refractivity contribution in [1.82, 2.24) is 0 Å². The van der Waals surface area contributed by atoms with Crippen LogP contribution in [0.1, 0.15) is 17.2 Å². The van der Waals surface area contributed by atoms with Crippen LogP contribution in [-0.2, 0) is 0 Å². The lowest BCUT2D eigenvalue weighted by Crippen LogP contribution is -2.13. The van der Waals surface area contributed by atoms with E-state index in [1.807, 2.05) is 0 Å². The van der Waals surface area contributed by atoms with Crippen molar-refractivity contribution < 1.29 is 13.2 Å². The molecule has 6 heteroatoms. The molecule has 100 valence electrons. The molecular formula is C13H8Cl2F3N. The van der Waals surface area contributed by atoms with E-state index in [2.05, 4.69) is 0 Å². The maximum absolute atomic E-state index is 13.2. The van der Waals surface area contributed by atoms with Crippen molar-refractivity contribution in [3.8, 4) is 0 Å². The average Bonchev–Trinajstić information content (AvgIpc) is 2.37. The average molecular weight is 306 g/mol. The summed E-state index contributed by atoms with van der Waals surface area (Å²) in [6.45, 7) is 0. The standard InChI is InChI=1S/C13H8Cl2F3N/c14-7-1-2-9(15)8(5-7)13(19)6-3-10(16)12(18)11(17)4-6/h1-5,13H,19H2. The SMILES string of the molecule is NC(c1cc(F)c(F)c(F)c1)c1cc(Cl)ccc1Cl. The van der Waals surface area contributed by atoms with E-state index in [0.29, 0.717) is 15.6 Å². The van der Waals surface area contributed by atoms with Crippen LogP contribution in [0.3, 0.4) is 0 Å². The van der Waals surface area contributed by atoms with Gasteiger partial charge in [0.2, 0.25) is 0 Å². The smallest absolute Gasteiger partial charge is 0.194 e. The van der Waals surface area contributed by atoms with Crippen LogP contribution in [-0.4, -0.2) is 0 Å². The van der Waals surface area contributed by atoms with E-state index in [9.17, 15) is 13.2 Å². The van der Waals surface area contributed by atoms with Crippen LogP contribution in [0.5, 0.6) is 0 Å². The monoisotopic (exact) mass is 305 g/mol. The molecule has 0 aliphatic rings. The fraction of sp³-hybridized carbons (Fsp3) is 0.0769. The number of halogens is 5. The minimum Gasteiger partial charge on any atom is -0.320 e. The first-order valence-corrected chi connectivity index (χ1v) is 6.00. The summed E-state index contributed by atoms with van der Waals surface area (Å²) >= 11 is 11.8. The Labute approximate surface area is 117 Å². The van der Waals surface area contributed by atoms with Gasteiger partial charge in [0.05, 0.1) is 6.04 Å². The Balaban J connectivity index is 2.49. The molecule has 1 atom stereocenters. The third kappa shape index (κ3) is 2.86. The van der Waals surface area contributed by atoms with Crippen molar-refractivity contribution in [2.24, 2.45) is 5.73 Å². The van der Waals surface area contributed by atoms with Gasteiger partial charge in [0.1, 0.15) is 0 Å². The second-order valence-corrected chi connectivity index (χ2v) is 4.79.